The summed E-state index contributed by atoms with van der Waals surface area (Å²) < 4.78 is 0. The number of nitrogens with one attached hydrogen (secondary N) is 1. The van der Waals surface area contributed by atoms with Crippen LogP contribution in [-0.2, 0) is 16.0 Å². The normalized spacial score (nSPS) is 20.7. The van der Waals surface area contributed by atoms with Gasteiger partial charge >= 0.3 is 0 Å². The molecule has 0 unspecified atom stereocenters. The number of nitrogens with zero attached hydrogens (tertiary/aromatic N) is 3. The molecule has 4 rings (SSSR count). The summed E-state index contributed by atoms with van der Waals surface area (Å²) in [7, 11) is 0. The number of amides is 3. The van der Waals surface area contributed by atoms with Crippen LogP contribution in [0.25, 0.3) is 0 Å². The van der Waals surface area contributed by atoms with Crippen LogP contribution in [0.1, 0.15) is 60.1 Å². The molecule has 8 heteroatoms. The van der Waals surface area contributed by atoms with E-state index in [0.29, 0.717) is 44.6 Å². The molecule has 2 saturated heterocycles. The summed E-state index contributed by atoms with van der Waals surface area (Å²) in [5.74, 6) is -0.0478. The van der Waals surface area contributed by atoms with Crippen LogP contribution in [0, 0.1) is 5.41 Å². The van der Waals surface area contributed by atoms with Gasteiger partial charge in [0.25, 0.3) is 5.91 Å². The zero-order valence-corrected chi connectivity index (χ0v) is 18.5. The number of rotatable bonds is 5. The van der Waals surface area contributed by atoms with Gasteiger partial charge in [0, 0.05) is 45.2 Å². The van der Waals surface area contributed by atoms with Gasteiger partial charge in [-0.25, -0.2) is 0 Å². The average Bonchev–Trinajstić information content (AvgIpc) is 3.34. The van der Waals surface area contributed by atoms with Crippen LogP contribution in [0.5, 0.6) is 0 Å². The summed E-state index contributed by atoms with van der Waals surface area (Å²) in [5, 5.41) is 6.56. The second-order valence-corrected chi connectivity index (χ2v) is 9.09. The van der Waals surface area contributed by atoms with Crippen molar-refractivity contribution in [3.63, 3.8) is 0 Å². The Labute approximate surface area is 188 Å². The van der Waals surface area contributed by atoms with E-state index in [-0.39, 0.29) is 23.6 Å². The van der Waals surface area contributed by atoms with Crippen LogP contribution in [-0.4, -0.2) is 63.9 Å². The number of carbonyl (C=O) groups is 3. The molecule has 2 aliphatic rings. The Hall–Kier alpha value is -3.16. The highest BCUT2D eigenvalue weighted by molar-refractivity contribution is 5.92. The SMILES string of the molecule is CC(=O)N1CCC[C@@H](c2ccccc2CC2(C(N)=O)CCN(C(=O)c3ccn[nH]3)CC2)C1. The van der Waals surface area contributed by atoms with Crippen molar-refractivity contribution in [1.82, 2.24) is 20.0 Å². The summed E-state index contributed by atoms with van der Waals surface area (Å²) in [4.78, 5) is 40.9. The standard InChI is InChI=1S/C24H31N5O3/c1-17(30)29-12-4-6-19(16-29)20-7-3-2-5-18(20)15-24(23(25)32)9-13-28(14-10-24)22(31)21-8-11-26-27-21/h2-3,5,7-8,11,19H,4,6,9-10,12-16H2,1H3,(H2,25,32)(H,26,27)/t19-/m1/s1. The third kappa shape index (κ3) is 4.40. The molecule has 170 valence electrons. The molecule has 0 aliphatic carbocycles. The first-order valence-corrected chi connectivity index (χ1v) is 11.3. The summed E-state index contributed by atoms with van der Waals surface area (Å²) in [5.41, 5.74) is 8.04. The monoisotopic (exact) mass is 437 g/mol. The highest BCUT2D eigenvalue weighted by Crippen LogP contribution is 2.38. The maximum absolute atomic E-state index is 12.7. The molecule has 3 amide bonds. The second-order valence-electron chi connectivity index (χ2n) is 9.09. The predicted molar refractivity (Wildman–Crippen MR) is 120 cm³/mol. The Kier molecular flexibility index (Phi) is 6.30. The van der Waals surface area contributed by atoms with Crippen molar-refractivity contribution in [2.45, 2.75) is 44.9 Å². The molecule has 2 aromatic rings. The van der Waals surface area contributed by atoms with E-state index in [9.17, 15) is 14.4 Å². The molecule has 8 nitrogen and oxygen atoms in total. The molecule has 1 aromatic heterocycles. The van der Waals surface area contributed by atoms with Gasteiger partial charge in [-0.05, 0) is 49.3 Å². The first-order valence-electron chi connectivity index (χ1n) is 11.3. The Morgan fingerprint density at radius 3 is 2.53 bits per heavy atom. The number of H-pyrrole nitrogens is 1. The lowest BCUT2D eigenvalue weighted by molar-refractivity contribution is -0.130. The Balaban J connectivity index is 1.52. The van der Waals surface area contributed by atoms with Gasteiger partial charge in [0.2, 0.25) is 11.8 Å². The van der Waals surface area contributed by atoms with Gasteiger partial charge in [-0.1, -0.05) is 24.3 Å². The van der Waals surface area contributed by atoms with E-state index in [1.165, 1.54) is 5.56 Å². The molecule has 0 radical (unpaired) electrons. The third-order valence-corrected chi connectivity index (χ3v) is 7.15. The van der Waals surface area contributed by atoms with Gasteiger partial charge in [-0.3, -0.25) is 19.5 Å². The molecular formula is C24H31N5O3. The zero-order chi connectivity index (χ0) is 22.7. The number of benzene rings is 1. The van der Waals surface area contributed by atoms with Crippen LogP contribution in [0.4, 0.5) is 0 Å². The fourth-order valence-corrected chi connectivity index (χ4v) is 5.17. The number of hydrogen-bond acceptors (Lipinski definition) is 4. The van der Waals surface area contributed by atoms with E-state index >= 15 is 0 Å². The van der Waals surface area contributed by atoms with E-state index in [0.717, 1.165) is 24.9 Å². The number of primary amides is 1. The summed E-state index contributed by atoms with van der Waals surface area (Å²) in [6, 6.07) is 9.87. The highest BCUT2D eigenvalue weighted by Gasteiger charge is 2.42. The van der Waals surface area contributed by atoms with Crippen molar-refractivity contribution in [3.8, 4) is 0 Å². The lowest BCUT2D eigenvalue weighted by Crippen LogP contribution is -2.50. The molecule has 2 fully saturated rings. The average molecular weight is 438 g/mol. The van der Waals surface area contributed by atoms with Crippen molar-refractivity contribution >= 4 is 17.7 Å². The van der Waals surface area contributed by atoms with Crippen molar-refractivity contribution in [3.05, 3.63) is 53.3 Å². The van der Waals surface area contributed by atoms with Gasteiger partial charge in [0.1, 0.15) is 5.69 Å². The first kappa shape index (κ1) is 22.0. The van der Waals surface area contributed by atoms with Crippen LogP contribution in [0.2, 0.25) is 0 Å². The van der Waals surface area contributed by atoms with Crippen LogP contribution >= 0.6 is 0 Å². The Bertz CT molecular complexity index is 979. The minimum atomic E-state index is -0.685. The van der Waals surface area contributed by atoms with Crippen LogP contribution in [0.15, 0.2) is 36.5 Å². The van der Waals surface area contributed by atoms with E-state index in [4.69, 9.17) is 5.73 Å². The third-order valence-electron chi connectivity index (χ3n) is 7.15. The summed E-state index contributed by atoms with van der Waals surface area (Å²) in [6.07, 6.45) is 5.17. The second kappa shape index (κ2) is 9.14. The molecule has 1 atom stereocenters. The number of aromatic nitrogens is 2. The smallest absolute Gasteiger partial charge is 0.271 e. The Morgan fingerprint density at radius 2 is 1.88 bits per heavy atom. The van der Waals surface area contributed by atoms with Crippen molar-refractivity contribution < 1.29 is 14.4 Å². The van der Waals surface area contributed by atoms with Crippen molar-refractivity contribution in [2.75, 3.05) is 26.2 Å². The zero-order valence-electron chi connectivity index (χ0n) is 18.5. The van der Waals surface area contributed by atoms with Gasteiger partial charge < -0.3 is 15.5 Å². The van der Waals surface area contributed by atoms with Crippen molar-refractivity contribution in [1.29, 1.82) is 0 Å². The number of likely N-dealkylation sites (tertiary alicyclic amines) is 2. The molecule has 3 N–H and O–H groups in total. The van der Waals surface area contributed by atoms with Gasteiger partial charge in [0.05, 0.1) is 5.41 Å². The number of carbonyl (C=O) groups excluding carboxylic acids is 3. The fourth-order valence-electron chi connectivity index (χ4n) is 5.17. The molecule has 1 aromatic carbocycles. The van der Waals surface area contributed by atoms with E-state index in [1.807, 2.05) is 17.0 Å². The number of nitrogens with two attached hydrogens (primary N) is 1. The van der Waals surface area contributed by atoms with Crippen LogP contribution in [0.3, 0.4) is 0 Å². The minimum Gasteiger partial charge on any atom is -0.369 e. The maximum atomic E-state index is 12.7. The van der Waals surface area contributed by atoms with Gasteiger partial charge in [-0.2, -0.15) is 5.10 Å². The highest BCUT2D eigenvalue weighted by atomic mass is 16.2. The molecular weight excluding hydrogens is 406 g/mol. The van der Waals surface area contributed by atoms with E-state index in [1.54, 1.807) is 24.1 Å². The summed E-state index contributed by atoms with van der Waals surface area (Å²) >= 11 is 0. The lowest BCUT2D eigenvalue weighted by Gasteiger charge is -2.40. The number of hydrogen-bond donors (Lipinski definition) is 2. The van der Waals surface area contributed by atoms with Gasteiger partial charge in [0.15, 0.2) is 0 Å². The number of piperidine rings is 2. The van der Waals surface area contributed by atoms with Crippen LogP contribution < -0.4 is 5.73 Å². The largest absolute Gasteiger partial charge is 0.369 e. The topological polar surface area (TPSA) is 112 Å². The molecule has 3 heterocycles. The van der Waals surface area contributed by atoms with Gasteiger partial charge in [-0.15, -0.1) is 0 Å². The lowest BCUT2D eigenvalue weighted by atomic mass is 9.71. The predicted octanol–water partition coefficient (Wildman–Crippen LogP) is 2.09. The maximum Gasteiger partial charge on any atom is 0.271 e. The quantitative estimate of drug-likeness (QED) is 0.746. The molecule has 2 aliphatic heterocycles. The molecule has 32 heavy (non-hydrogen) atoms. The first-order chi connectivity index (χ1) is 15.4. The van der Waals surface area contributed by atoms with E-state index in [2.05, 4.69) is 22.3 Å². The number of aromatic amines is 1. The minimum absolute atomic E-state index is 0.104. The Morgan fingerprint density at radius 1 is 1.12 bits per heavy atom. The summed E-state index contributed by atoms with van der Waals surface area (Å²) in [6.45, 7) is 4.09. The molecule has 0 bridgehead atoms. The molecule has 0 saturated carbocycles. The van der Waals surface area contributed by atoms with E-state index < -0.39 is 5.41 Å². The van der Waals surface area contributed by atoms with Crippen molar-refractivity contribution in [2.24, 2.45) is 11.1 Å². The molecule has 0 spiro atoms. The fraction of sp³-hybridized carbons (Fsp3) is 0.500.